The van der Waals surface area contributed by atoms with Gasteiger partial charge in [-0.1, -0.05) is 52.0 Å². The minimum atomic E-state index is -0.808. The molecule has 136 valence electrons. The van der Waals surface area contributed by atoms with Crippen molar-refractivity contribution >= 4 is 0 Å². The van der Waals surface area contributed by atoms with Crippen LogP contribution in [0.1, 0.15) is 89.5 Å². The van der Waals surface area contributed by atoms with E-state index in [0.717, 1.165) is 50.9 Å². The van der Waals surface area contributed by atoms with E-state index < -0.39 is 11.6 Å². The Kier molecular flexibility index (Phi) is 8.01. The van der Waals surface area contributed by atoms with Gasteiger partial charge in [0, 0.05) is 0 Å². The molecular formula is C21H32F2O. The van der Waals surface area contributed by atoms with Crippen LogP contribution in [0.15, 0.2) is 12.1 Å². The molecule has 1 aromatic carbocycles. The summed E-state index contributed by atoms with van der Waals surface area (Å²) < 4.78 is 34.1. The predicted octanol–water partition coefficient (Wildman–Crippen LogP) is 7.00. The number of hydrogen-bond acceptors (Lipinski definition) is 1. The molecule has 0 unspecified atom stereocenters. The van der Waals surface area contributed by atoms with Crippen molar-refractivity contribution in [1.29, 1.82) is 0 Å². The van der Waals surface area contributed by atoms with E-state index >= 15 is 0 Å². The smallest absolute Gasteiger partial charge is 0.200 e. The summed E-state index contributed by atoms with van der Waals surface area (Å²) in [5.74, 6) is -0.511. The van der Waals surface area contributed by atoms with Crippen molar-refractivity contribution in [2.24, 2.45) is 5.92 Å². The lowest BCUT2D eigenvalue weighted by atomic mass is 9.77. The molecule has 2 rings (SSSR count). The van der Waals surface area contributed by atoms with Gasteiger partial charge >= 0.3 is 0 Å². The summed E-state index contributed by atoms with van der Waals surface area (Å²) in [6.45, 7) is 4.77. The maximum Gasteiger partial charge on any atom is 0.200 e. The van der Waals surface area contributed by atoms with E-state index in [1.165, 1.54) is 19.3 Å². The van der Waals surface area contributed by atoms with Crippen LogP contribution in [0, 0.1) is 17.6 Å². The Hall–Kier alpha value is -1.12. The van der Waals surface area contributed by atoms with E-state index in [4.69, 9.17) is 4.74 Å². The van der Waals surface area contributed by atoms with Crippen molar-refractivity contribution in [2.75, 3.05) is 6.61 Å². The third-order valence-corrected chi connectivity index (χ3v) is 5.33. The van der Waals surface area contributed by atoms with Gasteiger partial charge in [-0.05, 0) is 55.6 Å². The third-order valence-electron chi connectivity index (χ3n) is 5.33. The molecule has 0 bridgehead atoms. The average molecular weight is 338 g/mol. The third kappa shape index (κ3) is 5.19. The molecule has 1 aromatic rings. The number of halogens is 2. The lowest BCUT2D eigenvalue weighted by Gasteiger charge is -2.29. The summed E-state index contributed by atoms with van der Waals surface area (Å²) in [7, 11) is 0. The van der Waals surface area contributed by atoms with E-state index in [1.54, 1.807) is 12.1 Å². The Morgan fingerprint density at radius 3 is 2.29 bits per heavy atom. The van der Waals surface area contributed by atoms with Crippen molar-refractivity contribution in [3.8, 4) is 5.75 Å². The quantitative estimate of drug-likeness (QED) is 0.440. The Balaban J connectivity index is 1.93. The van der Waals surface area contributed by atoms with Crippen LogP contribution < -0.4 is 4.74 Å². The first-order valence-electron chi connectivity index (χ1n) is 9.78. The summed E-state index contributed by atoms with van der Waals surface area (Å²) >= 11 is 0. The van der Waals surface area contributed by atoms with Crippen LogP contribution in [0.3, 0.4) is 0 Å². The first-order chi connectivity index (χ1) is 11.7. The molecule has 1 saturated carbocycles. The number of unbranched alkanes of at least 4 members (excludes halogenated alkanes) is 3. The van der Waals surface area contributed by atoms with E-state index in [9.17, 15) is 8.78 Å². The van der Waals surface area contributed by atoms with E-state index in [-0.39, 0.29) is 11.7 Å². The van der Waals surface area contributed by atoms with Gasteiger partial charge in [-0.25, -0.2) is 4.39 Å². The van der Waals surface area contributed by atoms with Gasteiger partial charge < -0.3 is 4.74 Å². The maximum atomic E-state index is 14.5. The number of benzene rings is 1. The summed E-state index contributed by atoms with van der Waals surface area (Å²) in [5, 5.41) is 0. The lowest BCUT2D eigenvalue weighted by Crippen LogP contribution is -2.15. The van der Waals surface area contributed by atoms with Gasteiger partial charge in [-0.2, -0.15) is 4.39 Å². The van der Waals surface area contributed by atoms with Crippen molar-refractivity contribution in [2.45, 2.75) is 84.0 Å². The summed E-state index contributed by atoms with van der Waals surface area (Å²) in [5.41, 5.74) is 0.544. The van der Waals surface area contributed by atoms with Crippen LogP contribution in [-0.4, -0.2) is 6.61 Å². The van der Waals surface area contributed by atoms with Crippen molar-refractivity contribution in [3.63, 3.8) is 0 Å². The van der Waals surface area contributed by atoms with Crippen LogP contribution in [-0.2, 0) is 0 Å². The SMILES string of the molecule is CCCCCOc1ccc([C@H]2CC[C@H](CCCC)CC2)c(F)c1F. The fraction of sp³-hybridized carbons (Fsp3) is 0.714. The number of hydrogen-bond donors (Lipinski definition) is 0. The van der Waals surface area contributed by atoms with Gasteiger partial charge in [0.15, 0.2) is 11.6 Å². The molecular weight excluding hydrogens is 306 g/mol. The van der Waals surface area contributed by atoms with Gasteiger partial charge in [-0.3, -0.25) is 0 Å². The Morgan fingerprint density at radius 2 is 1.62 bits per heavy atom. The zero-order valence-electron chi connectivity index (χ0n) is 15.3. The standard InChI is InChI=1S/C21H32F2O/c1-3-5-7-15-24-19-14-13-18(20(22)21(19)23)17-11-9-16(10-12-17)8-6-4-2/h13-14,16-17H,3-12,15H2,1-2H3/t16-,17-. The molecule has 1 nitrogen and oxygen atoms in total. The van der Waals surface area contributed by atoms with Crippen LogP contribution in [0.4, 0.5) is 8.78 Å². The second-order valence-corrected chi connectivity index (χ2v) is 7.20. The molecule has 0 atom stereocenters. The molecule has 0 radical (unpaired) electrons. The summed E-state index contributed by atoms with van der Waals surface area (Å²) in [6, 6.07) is 3.35. The largest absolute Gasteiger partial charge is 0.490 e. The number of rotatable bonds is 9. The fourth-order valence-electron chi connectivity index (χ4n) is 3.76. The molecule has 3 heteroatoms. The van der Waals surface area contributed by atoms with Gasteiger partial charge in [0.25, 0.3) is 0 Å². The number of ether oxygens (including phenoxy) is 1. The molecule has 0 aliphatic heterocycles. The van der Waals surface area contributed by atoms with Crippen LogP contribution in [0.5, 0.6) is 5.75 Å². The highest BCUT2D eigenvalue weighted by Crippen LogP contribution is 2.40. The first kappa shape index (κ1) is 19.2. The van der Waals surface area contributed by atoms with E-state index in [2.05, 4.69) is 13.8 Å². The highest BCUT2D eigenvalue weighted by atomic mass is 19.2. The van der Waals surface area contributed by atoms with Crippen molar-refractivity contribution in [3.05, 3.63) is 29.3 Å². The van der Waals surface area contributed by atoms with Gasteiger partial charge in [0.2, 0.25) is 5.82 Å². The van der Waals surface area contributed by atoms with Crippen LogP contribution in [0.25, 0.3) is 0 Å². The topological polar surface area (TPSA) is 9.23 Å². The zero-order valence-corrected chi connectivity index (χ0v) is 15.3. The molecule has 0 aromatic heterocycles. The molecule has 0 saturated heterocycles. The highest BCUT2D eigenvalue weighted by Gasteiger charge is 2.26. The van der Waals surface area contributed by atoms with Gasteiger partial charge in [0.1, 0.15) is 0 Å². The molecule has 24 heavy (non-hydrogen) atoms. The van der Waals surface area contributed by atoms with Crippen molar-refractivity contribution < 1.29 is 13.5 Å². The Bertz CT molecular complexity index is 493. The molecule has 0 amide bonds. The molecule has 1 aliphatic rings. The highest BCUT2D eigenvalue weighted by molar-refractivity contribution is 5.33. The Labute approximate surface area is 145 Å². The second kappa shape index (κ2) is 10.0. The maximum absolute atomic E-state index is 14.5. The molecule has 1 fully saturated rings. The van der Waals surface area contributed by atoms with E-state index in [0.29, 0.717) is 12.2 Å². The monoisotopic (exact) mass is 338 g/mol. The fourth-order valence-corrected chi connectivity index (χ4v) is 3.76. The molecule has 0 heterocycles. The van der Waals surface area contributed by atoms with E-state index in [1.807, 2.05) is 0 Å². The summed E-state index contributed by atoms with van der Waals surface area (Å²) in [4.78, 5) is 0. The second-order valence-electron chi connectivity index (χ2n) is 7.20. The van der Waals surface area contributed by atoms with Gasteiger partial charge in [0.05, 0.1) is 6.61 Å². The zero-order chi connectivity index (χ0) is 17.4. The lowest BCUT2D eigenvalue weighted by molar-refractivity contribution is 0.280. The predicted molar refractivity (Wildman–Crippen MR) is 95.6 cm³/mol. The molecule has 1 aliphatic carbocycles. The Morgan fingerprint density at radius 1 is 0.917 bits per heavy atom. The minimum Gasteiger partial charge on any atom is -0.490 e. The summed E-state index contributed by atoms with van der Waals surface area (Å²) in [6.07, 6.45) is 11.0. The molecule has 0 spiro atoms. The van der Waals surface area contributed by atoms with Crippen LogP contribution >= 0.6 is 0 Å². The first-order valence-corrected chi connectivity index (χ1v) is 9.78. The van der Waals surface area contributed by atoms with Gasteiger partial charge in [-0.15, -0.1) is 0 Å². The normalized spacial score (nSPS) is 21.0. The minimum absolute atomic E-state index is 0.0592. The van der Waals surface area contributed by atoms with Crippen LogP contribution in [0.2, 0.25) is 0 Å². The van der Waals surface area contributed by atoms with Crippen molar-refractivity contribution in [1.82, 2.24) is 0 Å². The molecule has 0 N–H and O–H groups in total. The average Bonchev–Trinajstić information content (AvgIpc) is 2.61.